The van der Waals surface area contributed by atoms with E-state index in [1.165, 1.54) is 34.3 Å². The first kappa shape index (κ1) is 30.5. The van der Waals surface area contributed by atoms with E-state index in [4.69, 9.17) is 10.00 Å². The van der Waals surface area contributed by atoms with Gasteiger partial charge in [0.25, 0.3) is 0 Å². The molecule has 2 aromatic carbocycles. The van der Waals surface area contributed by atoms with Crippen molar-refractivity contribution in [2.24, 2.45) is 0 Å². The molecule has 47 heavy (non-hydrogen) atoms. The summed E-state index contributed by atoms with van der Waals surface area (Å²) < 4.78 is 70.4. The lowest BCUT2D eigenvalue weighted by Gasteiger charge is -2.07. The highest BCUT2D eigenvalue weighted by atomic mass is 32.1. The second-order valence-electron chi connectivity index (χ2n) is 9.07. The average Bonchev–Trinajstić information content (AvgIpc) is 3.87. The van der Waals surface area contributed by atoms with Gasteiger partial charge in [0.2, 0.25) is 11.6 Å². The van der Waals surface area contributed by atoms with Crippen molar-refractivity contribution in [2.45, 2.75) is 6.18 Å². The molecule has 5 aromatic heterocycles. The molecule has 14 nitrogen and oxygen atoms in total. The van der Waals surface area contributed by atoms with Crippen molar-refractivity contribution in [3.8, 4) is 52.1 Å². The van der Waals surface area contributed by atoms with Gasteiger partial charge in [-0.3, -0.25) is 4.98 Å². The summed E-state index contributed by atoms with van der Waals surface area (Å²) in [6.45, 7) is 0. The van der Waals surface area contributed by atoms with Gasteiger partial charge in [0, 0.05) is 35.8 Å². The predicted octanol–water partition coefficient (Wildman–Crippen LogP) is 5.19. The van der Waals surface area contributed by atoms with Gasteiger partial charge in [-0.15, -0.1) is 41.3 Å². The number of benzene rings is 2. The van der Waals surface area contributed by atoms with Gasteiger partial charge in [-0.05, 0) is 34.7 Å². The fourth-order valence-corrected chi connectivity index (χ4v) is 4.30. The number of hydrogen-bond acceptors (Lipinski definition) is 12. The summed E-state index contributed by atoms with van der Waals surface area (Å²) in [5.41, 5.74) is 1.77. The zero-order valence-electron chi connectivity index (χ0n) is 23.1. The molecule has 20 heteroatoms. The minimum absolute atomic E-state index is 0.0382. The molecule has 0 aliphatic rings. The van der Waals surface area contributed by atoms with Crippen LogP contribution in [0.1, 0.15) is 11.3 Å². The topological polar surface area (TPSA) is 175 Å². The first-order valence-electron chi connectivity index (χ1n) is 12.9. The fourth-order valence-electron chi connectivity index (χ4n) is 3.77. The van der Waals surface area contributed by atoms with Crippen LogP contribution < -0.4 is 4.74 Å². The Morgan fingerprint density at radius 2 is 1.57 bits per heavy atom. The number of rotatable bonds is 6. The van der Waals surface area contributed by atoms with Crippen LogP contribution in [-0.4, -0.2) is 60.4 Å². The number of hydrogen-bond donors (Lipinski definition) is 1. The molecule has 0 saturated heterocycles. The van der Waals surface area contributed by atoms with Crippen molar-refractivity contribution in [3.63, 3.8) is 0 Å². The van der Waals surface area contributed by atoms with E-state index in [0.717, 1.165) is 16.9 Å². The predicted molar refractivity (Wildman–Crippen MR) is 151 cm³/mol. The number of aromatic nitrogens is 12. The molecule has 7 aromatic rings. The number of imidazole rings is 1. The molecule has 0 amide bonds. The second-order valence-corrected chi connectivity index (χ2v) is 9.79. The summed E-state index contributed by atoms with van der Waals surface area (Å²) in [6, 6.07) is 12.8. The number of halogens is 5. The molecule has 5 heterocycles. The van der Waals surface area contributed by atoms with E-state index in [2.05, 4.69) is 45.8 Å². The number of pyridine rings is 1. The standard InChI is InChI=1S/C15H9FN6OS.C12H5F4N7/c16-10-4-11(6-13(5-10)23-12-2-1-3-17-7-12)22-20-15(19-21-22)14-8-24-9-18-14;13-7-1-6(4-17)2-8(3-7)23-21-11(20-22-23)10-18-5-9(19-10)12(14,15)16/h1-9H;1-3,5H,(H,18,19). The van der Waals surface area contributed by atoms with Gasteiger partial charge in [0.05, 0.1) is 40.9 Å². The number of nitriles is 1. The Labute approximate surface area is 262 Å². The van der Waals surface area contributed by atoms with Crippen LogP contribution >= 0.6 is 11.3 Å². The monoisotopic (exact) mass is 663 g/mol. The molecule has 0 fully saturated rings. The van der Waals surface area contributed by atoms with Crippen LogP contribution in [0.25, 0.3) is 34.5 Å². The number of alkyl halides is 3. The highest BCUT2D eigenvalue weighted by molar-refractivity contribution is 7.07. The highest BCUT2D eigenvalue weighted by Crippen LogP contribution is 2.29. The number of aromatic amines is 1. The lowest BCUT2D eigenvalue weighted by molar-refractivity contribution is -0.140. The van der Waals surface area contributed by atoms with Gasteiger partial charge >= 0.3 is 6.18 Å². The van der Waals surface area contributed by atoms with Gasteiger partial charge in [-0.25, -0.2) is 18.7 Å². The van der Waals surface area contributed by atoms with Gasteiger partial charge in [0.15, 0.2) is 5.82 Å². The van der Waals surface area contributed by atoms with Crippen molar-refractivity contribution < 1.29 is 26.7 Å². The van der Waals surface area contributed by atoms with Crippen LogP contribution in [0.4, 0.5) is 22.0 Å². The van der Waals surface area contributed by atoms with Gasteiger partial charge in [-0.2, -0.15) is 18.4 Å². The molecule has 0 unspecified atom stereocenters. The summed E-state index contributed by atoms with van der Waals surface area (Å²) in [7, 11) is 0. The molecule has 0 radical (unpaired) electrons. The zero-order chi connectivity index (χ0) is 33.0. The lowest BCUT2D eigenvalue weighted by Crippen LogP contribution is -2.05. The summed E-state index contributed by atoms with van der Waals surface area (Å²) in [5, 5.41) is 33.7. The minimum atomic E-state index is -4.58. The normalized spacial score (nSPS) is 11.1. The van der Waals surface area contributed by atoms with Crippen molar-refractivity contribution >= 4 is 11.3 Å². The van der Waals surface area contributed by atoms with Crippen LogP contribution in [0.2, 0.25) is 0 Å². The largest absolute Gasteiger partial charge is 0.456 e. The second kappa shape index (κ2) is 12.9. The highest BCUT2D eigenvalue weighted by Gasteiger charge is 2.33. The molecule has 0 atom stereocenters. The number of nitrogens with one attached hydrogen (secondary N) is 1. The molecular formula is C27H14F5N13OS. The Kier molecular flexibility index (Phi) is 8.35. The molecule has 0 spiro atoms. The maximum atomic E-state index is 13.9. The molecule has 0 aliphatic carbocycles. The summed E-state index contributed by atoms with van der Waals surface area (Å²) in [4.78, 5) is 15.7. The molecule has 7 rings (SSSR count). The van der Waals surface area contributed by atoms with E-state index < -0.39 is 23.5 Å². The summed E-state index contributed by atoms with van der Waals surface area (Å²) in [6.07, 6.45) is -0.806. The third-order valence-electron chi connectivity index (χ3n) is 5.78. The number of thiazole rings is 1. The van der Waals surface area contributed by atoms with E-state index in [-0.39, 0.29) is 22.9 Å². The van der Waals surface area contributed by atoms with Crippen LogP contribution in [0, 0.1) is 23.0 Å². The van der Waals surface area contributed by atoms with Crippen molar-refractivity contribution in [1.29, 1.82) is 5.26 Å². The molecule has 1 N–H and O–H groups in total. The smallest absolute Gasteiger partial charge is 0.432 e. The number of ether oxygens (including phenoxy) is 1. The van der Waals surface area contributed by atoms with E-state index in [9.17, 15) is 22.0 Å². The minimum Gasteiger partial charge on any atom is -0.456 e. The first-order valence-corrected chi connectivity index (χ1v) is 13.8. The Balaban J connectivity index is 0.000000165. The van der Waals surface area contributed by atoms with Crippen LogP contribution in [-0.2, 0) is 6.18 Å². The van der Waals surface area contributed by atoms with Crippen molar-refractivity contribution in [2.75, 3.05) is 0 Å². The lowest BCUT2D eigenvalue weighted by atomic mass is 10.2. The van der Waals surface area contributed by atoms with Crippen molar-refractivity contribution in [1.82, 2.24) is 60.4 Å². The van der Waals surface area contributed by atoms with Gasteiger partial charge in [0.1, 0.15) is 34.5 Å². The number of tetrazole rings is 2. The molecule has 0 saturated carbocycles. The quantitative estimate of drug-likeness (QED) is 0.232. The van der Waals surface area contributed by atoms with Crippen LogP contribution in [0.5, 0.6) is 11.5 Å². The van der Waals surface area contributed by atoms with Gasteiger partial charge < -0.3 is 9.72 Å². The van der Waals surface area contributed by atoms with Crippen LogP contribution in [0.3, 0.4) is 0 Å². The third kappa shape index (κ3) is 7.26. The van der Waals surface area contributed by atoms with E-state index in [1.807, 2.05) is 10.4 Å². The number of H-pyrrole nitrogens is 1. The third-order valence-corrected chi connectivity index (χ3v) is 6.37. The maximum absolute atomic E-state index is 13.9. The number of nitrogens with zero attached hydrogens (tertiary/aromatic N) is 12. The van der Waals surface area contributed by atoms with E-state index >= 15 is 0 Å². The molecule has 234 valence electrons. The fraction of sp³-hybridized carbons (Fsp3) is 0.0370. The Morgan fingerprint density at radius 1 is 0.851 bits per heavy atom. The average molecular weight is 664 g/mol. The first-order chi connectivity index (χ1) is 22.6. The molecule has 0 aliphatic heterocycles. The Bertz CT molecular complexity index is 2170. The molecular weight excluding hydrogens is 649 g/mol. The summed E-state index contributed by atoms with van der Waals surface area (Å²) in [5.74, 6) is -0.414. The van der Waals surface area contributed by atoms with Crippen LogP contribution in [0.15, 0.2) is 78.0 Å². The van der Waals surface area contributed by atoms with Gasteiger partial charge in [-0.1, -0.05) is 0 Å². The van der Waals surface area contributed by atoms with Crippen molar-refractivity contribution in [3.05, 3.63) is 101 Å². The zero-order valence-corrected chi connectivity index (χ0v) is 23.9. The maximum Gasteiger partial charge on any atom is 0.432 e. The Morgan fingerprint density at radius 3 is 2.23 bits per heavy atom. The summed E-state index contributed by atoms with van der Waals surface area (Å²) >= 11 is 1.43. The Hall–Kier alpha value is -6.49. The van der Waals surface area contributed by atoms with E-state index in [1.54, 1.807) is 42.2 Å². The van der Waals surface area contributed by atoms with E-state index in [0.29, 0.717) is 34.9 Å². The SMILES string of the molecule is Fc1cc(Oc2cccnc2)cc(-n2nnc(-c3cscn3)n2)c1.N#Cc1cc(F)cc(-n2nnc(-c3ncc(C(F)(F)F)[nH]3)n2)c1. The molecule has 0 bridgehead atoms.